The monoisotopic (exact) mass is 334 g/mol. The summed E-state index contributed by atoms with van der Waals surface area (Å²) < 4.78 is 5.17. The van der Waals surface area contributed by atoms with Crippen LogP contribution in [0, 0.1) is 12.8 Å². The third-order valence-corrected chi connectivity index (χ3v) is 4.33. The van der Waals surface area contributed by atoms with Gasteiger partial charge in [-0.3, -0.25) is 4.79 Å². The highest BCUT2D eigenvalue weighted by molar-refractivity contribution is 7.13. The number of hydrogen-bond donors (Lipinski definition) is 2. The van der Waals surface area contributed by atoms with E-state index in [-0.39, 0.29) is 12.5 Å². The number of thiazole rings is 1. The molecule has 6 heteroatoms. The van der Waals surface area contributed by atoms with Gasteiger partial charge in [0.05, 0.1) is 24.4 Å². The normalized spacial score (nSPS) is 10.9. The summed E-state index contributed by atoms with van der Waals surface area (Å²) in [4.78, 5) is 17.7. The molecule has 23 heavy (non-hydrogen) atoms. The average molecular weight is 334 g/mol. The van der Waals surface area contributed by atoms with Crippen LogP contribution in [0.15, 0.2) is 18.2 Å². The highest BCUT2D eigenvalue weighted by atomic mass is 32.1. The largest absolute Gasteiger partial charge is 0.496 e. The smallest absolute Gasteiger partial charge is 0.267 e. The Bertz CT molecular complexity index is 695. The second-order valence-corrected chi connectivity index (χ2v) is 6.95. The number of hydrogen-bond acceptors (Lipinski definition) is 5. The van der Waals surface area contributed by atoms with Crippen molar-refractivity contribution in [2.45, 2.75) is 33.8 Å². The van der Waals surface area contributed by atoms with Crippen LogP contribution in [0.3, 0.4) is 0 Å². The first-order valence-electron chi connectivity index (χ1n) is 7.50. The molecule has 0 saturated carbocycles. The van der Waals surface area contributed by atoms with Crippen LogP contribution in [0.25, 0.3) is 0 Å². The van der Waals surface area contributed by atoms with Crippen molar-refractivity contribution in [2.75, 3.05) is 12.4 Å². The number of ether oxygens (including phenoxy) is 1. The number of aromatic nitrogens is 1. The molecule has 0 unspecified atom stereocenters. The summed E-state index contributed by atoms with van der Waals surface area (Å²) in [6.07, 6.45) is 0.775. The fourth-order valence-corrected chi connectivity index (χ4v) is 3.18. The van der Waals surface area contributed by atoms with Crippen molar-refractivity contribution in [1.29, 1.82) is 0 Å². The number of carbonyl (C=O) groups is 1. The van der Waals surface area contributed by atoms with Gasteiger partial charge in [0, 0.05) is 11.3 Å². The van der Waals surface area contributed by atoms with Crippen molar-refractivity contribution in [3.63, 3.8) is 0 Å². The van der Waals surface area contributed by atoms with Gasteiger partial charge in [-0.1, -0.05) is 13.8 Å². The number of anilines is 1. The van der Waals surface area contributed by atoms with Crippen molar-refractivity contribution >= 4 is 22.9 Å². The van der Waals surface area contributed by atoms with E-state index in [1.165, 1.54) is 11.3 Å². The molecule has 0 atom stereocenters. The quantitative estimate of drug-likeness (QED) is 0.849. The molecule has 1 heterocycles. The Labute approximate surface area is 140 Å². The maximum Gasteiger partial charge on any atom is 0.267 e. The molecule has 1 aromatic heterocycles. The van der Waals surface area contributed by atoms with Gasteiger partial charge in [-0.15, -0.1) is 11.3 Å². The van der Waals surface area contributed by atoms with Crippen LogP contribution in [0.1, 0.15) is 39.8 Å². The van der Waals surface area contributed by atoms with Gasteiger partial charge in [0.2, 0.25) is 0 Å². The molecule has 0 bridgehead atoms. The number of nitrogens with one attached hydrogen (secondary N) is 1. The fraction of sp³-hybridized carbons (Fsp3) is 0.412. The minimum atomic E-state index is -0.166. The van der Waals surface area contributed by atoms with Crippen molar-refractivity contribution in [1.82, 2.24) is 4.98 Å². The minimum absolute atomic E-state index is 0.148. The third kappa shape index (κ3) is 4.30. The first-order chi connectivity index (χ1) is 10.9. The summed E-state index contributed by atoms with van der Waals surface area (Å²) in [7, 11) is 1.55. The van der Waals surface area contributed by atoms with Crippen molar-refractivity contribution in [3.05, 3.63) is 39.3 Å². The zero-order valence-electron chi connectivity index (χ0n) is 13.8. The Kier molecular flexibility index (Phi) is 5.74. The molecule has 1 amide bonds. The van der Waals surface area contributed by atoms with Gasteiger partial charge in [-0.2, -0.15) is 0 Å². The molecule has 0 aliphatic carbocycles. The number of aryl methyl sites for hydroxylation is 1. The van der Waals surface area contributed by atoms with Crippen molar-refractivity contribution in [3.8, 4) is 5.75 Å². The highest BCUT2D eigenvalue weighted by Gasteiger charge is 2.18. The highest BCUT2D eigenvalue weighted by Crippen LogP contribution is 2.25. The SMILES string of the molecule is COc1ccc(NC(=O)c2sc(C)nc2CC(C)C)cc1CO. The molecule has 0 spiro atoms. The first-order valence-corrected chi connectivity index (χ1v) is 8.31. The van der Waals surface area contributed by atoms with Gasteiger partial charge in [-0.05, 0) is 37.5 Å². The van der Waals surface area contributed by atoms with Crippen molar-refractivity contribution in [2.24, 2.45) is 5.92 Å². The second-order valence-electron chi connectivity index (χ2n) is 5.75. The van der Waals surface area contributed by atoms with E-state index in [0.717, 1.165) is 17.1 Å². The van der Waals surface area contributed by atoms with Gasteiger partial charge < -0.3 is 15.2 Å². The van der Waals surface area contributed by atoms with Gasteiger partial charge >= 0.3 is 0 Å². The Hall–Kier alpha value is -1.92. The lowest BCUT2D eigenvalue weighted by Crippen LogP contribution is -2.13. The maximum absolute atomic E-state index is 12.5. The molecule has 0 saturated heterocycles. The minimum Gasteiger partial charge on any atom is -0.496 e. The number of aliphatic hydroxyl groups is 1. The predicted molar refractivity (Wildman–Crippen MR) is 92.3 cm³/mol. The van der Waals surface area contributed by atoms with E-state index in [2.05, 4.69) is 24.1 Å². The van der Waals surface area contributed by atoms with Crippen LogP contribution < -0.4 is 10.1 Å². The third-order valence-electron chi connectivity index (χ3n) is 3.32. The first kappa shape index (κ1) is 17.4. The number of aliphatic hydroxyl groups excluding tert-OH is 1. The number of nitrogens with zero attached hydrogens (tertiary/aromatic N) is 1. The summed E-state index contributed by atoms with van der Waals surface area (Å²) in [5.74, 6) is 0.866. The van der Waals surface area contributed by atoms with Gasteiger partial charge in [0.15, 0.2) is 0 Å². The van der Waals surface area contributed by atoms with E-state index >= 15 is 0 Å². The number of rotatable bonds is 6. The van der Waals surface area contributed by atoms with Crippen LogP contribution in [0.2, 0.25) is 0 Å². The van der Waals surface area contributed by atoms with Crippen LogP contribution in [-0.4, -0.2) is 23.1 Å². The zero-order valence-corrected chi connectivity index (χ0v) is 14.7. The zero-order chi connectivity index (χ0) is 17.0. The summed E-state index contributed by atoms with van der Waals surface area (Å²) in [5, 5.41) is 13.1. The van der Waals surface area contributed by atoms with Crippen LogP contribution >= 0.6 is 11.3 Å². The fourth-order valence-electron chi connectivity index (χ4n) is 2.34. The molecule has 2 aromatic rings. The van der Waals surface area contributed by atoms with Gasteiger partial charge in [-0.25, -0.2) is 4.98 Å². The van der Waals surface area contributed by atoms with Gasteiger partial charge in [0.25, 0.3) is 5.91 Å². The van der Waals surface area contributed by atoms with Crippen molar-refractivity contribution < 1.29 is 14.6 Å². The lowest BCUT2D eigenvalue weighted by molar-refractivity contribution is 0.102. The average Bonchev–Trinajstić information content (AvgIpc) is 2.86. The molecular weight excluding hydrogens is 312 g/mol. The topological polar surface area (TPSA) is 71.5 Å². The van der Waals surface area contributed by atoms with E-state index in [1.807, 2.05) is 6.92 Å². The molecule has 0 fully saturated rings. The molecule has 0 radical (unpaired) electrons. The van der Waals surface area contributed by atoms with E-state index in [1.54, 1.807) is 25.3 Å². The van der Waals surface area contributed by atoms with Crippen LogP contribution in [0.4, 0.5) is 5.69 Å². The molecule has 0 aliphatic rings. The summed E-state index contributed by atoms with van der Waals surface area (Å²) in [5.41, 5.74) is 2.10. The molecule has 2 N–H and O–H groups in total. The Morgan fingerprint density at radius 2 is 2.17 bits per heavy atom. The molecule has 0 aliphatic heterocycles. The Balaban J connectivity index is 2.22. The van der Waals surface area contributed by atoms with Crippen LogP contribution in [-0.2, 0) is 13.0 Å². The number of benzene rings is 1. The predicted octanol–water partition coefficient (Wildman–Crippen LogP) is 3.40. The summed E-state index contributed by atoms with van der Waals surface area (Å²) >= 11 is 1.40. The standard InChI is InChI=1S/C17H22N2O3S/c1-10(2)7-14-16(23-11(3)18-14)17(21)19-13-5-6-15(22-4)12(8-13)9-20/h5-6,8,10,20H,7,9H2,1-4H3,(H,19,21). The van der Waals surface area contributed by atoms with E-state index in [0.29, 0.717) is 27.8 Å². The molecule has 1 aromatic carbocycles. The summed E-state index contributed by atoms with van der Waals surface area (Å²) in [6.45, 7) is 5.97. The lowest BCUT2D eigenvalue weighted by atomic mass is 10.1. The maximum atomic E-state index is 12.5. The van der Waals surface area contributed by atoms with E-state index in [9.17, 15) is 9.90 Å². The Morgan fingerprint density at radius 1 is 1.43 bits per heavy atom. The molecule has 124 valence electrons. The number of methoxy groups -OCH3 is 1. The molecule has 2 rings (SSSR count). The number of carbonyl (C=O) groups excluding carboxylic acids is 1. The number of amides is 1. The van der Waals surface area contributed by atoms with E-state index in [4.69, 9.17) is 4.74 Å². The summed E-state index contributed by atoms with van der Waals surface area (Å²) in [6, 6.07) is 5.20. The second kappa shape index (κ2) is 7.57. The van der Waals surface area contributed by atoms with E-state index < -0.39 is 0 Å². The van der Waals surface area contributed by atoms with Gasteiger partial charge in [0.1, 0.15) is 10.6 Å². The molecular formula is C17H22N2O3S. The molecule has 5 nitrogen and oxygen atoms in total. The Morgan fingerprint density at radius 3 is 2.78 bits per heavy atom. The lowest BCUT2D eigenvalue weighted by Gasteiger charge is -2.10. The van der Waals surface area contributed by atoms with Crippen LogP contribution in [0.5, 0.6) is 5.75 Å².